The van der Waals surface area contributed by atoms with Crippen LogP contribution in [0.15, 0.2) is 35.5 Å². The summed E-state index contributed by atoms with van der Waals surface area (Å²) in [5.41, 5.74) is 2.29. The number of hydrogen-bond donors (Lipinski definition) is 1. The molecule has 0 radical (unpaired) electrons. The molecule has 98 valence electrons. The minimum absolute atomic E-state index is 0.353. The first-order valence-corrected chi connectivity index (χ1v) is 6.74. The van der Waals surface area contributed by atoms with E-state index in [2.05, 4.69) is 29.4 Å². The zero-order valence-electron chi connectivity index (χ0n) is 10.7. The third-order valence-corrected chi connectivity index (χ3v) is 3.46. The van der Waals surface area contributed by atoms with Gasteiger partial charge in [0.2, 0.25) is 0 Å². The van der Waals surface area contributed by atoms with Crippen molar-refractivity contribution in [3.8, 4) is 0 Å². The monoisotopic (exact) mass is 247 g/mol. The lowest BCUT2D eigenvalue weighted by molar-refractivity contribution is 0.0385. The Labute approximate surface area is 108 Å². The van der Waals surface area contributed by atoms with Crippen molar-refractivity contribution in [2.45, 2.75) is 44.6 Å². The molecule has 0 atom stereocenters. The number of rotatable bonds is 5. The van der Waals surface area contributed by atoms with Crippen molar-refractivity contribution in [1.29, 1.82) is 0 Å². The maximum atomic E-state index is 8.66. The predicted octanol–water partition coefficient (Wildman–Crippen LogP) is 3.41. The van der Waals surface area contributed by atoms with Gasteiger partial charge in [0.05, 0.1) is 11.8 Å². The lowest BCUT2D eigenvalue weighted by Crippen LogP contribution is -2.22. The summed E-state index contributed by atoms with van der Waals surface area (Å²) in [4.78, 5) is 0. The fraction of sp³-hybridized carbons (Fsp3) is 0.533. The van der Waals surface area contributed by atoms with Gasteiger partial charge in [-0.15, -0.1) is 0 Å². The molecule has 1 saturated carbocycles. The second kappa shape index (κ2) is 7.17. The summed E-state index contributed by atoms with van der Waals surface area (Å²) in [6.07, 6.45) is 6.24. The lowest BCUT2D eigenvalue weighted by atomic mass is 9.96. The Morgan fingerprint density at radius 3 is 2.56 bits per heavy atom. The van der Waals surface area contributed by atoms with Gasteiger partial charge in [-0.2, -0.15) is 0 Å². The number of oxime groups is 1. The van der Waals surface area contributed by atoms with E-state index in [0.717, 1.165) is 50.8 Å². The smallest absolute Gasteiger partial charge is 0.0582 e. The van der Waals surface area contributed by atoms with Crippen LogP contribution in [0.4, 0.5) is 0 Å². The Kier molecular flexibility index (Phi) is 5.21. The van der Waals surface area contributed by atoms with Gasteiger partial charge < -0.3 is 9.94 Å². The first-order chi connectivity index (χ1) is 8.88. The molecule has 1 aromatic rings. The SMILES string of the molecule is ON=C1CCC(OCCCc2ccccc2)CC1. The lowest BCUT2D eigenvalue weighted by Gasteiger charge is -2.22. The molecule has 0 heterocycles. The second-order valence-corrected chi connectivity index (χ2v) is 4.83. The van der Waals surface area contributed by atoms with Gasteiger partial charge in [-0.3, -0.25) is 0 Å². The Morgan fingerprint density at radius 1 is 1.17 bits per heavy atom. The molecule has 0 bridgehead atoms. The topological polar surface area (TPSA) is 41.8 Å². The van der Waals surface area contributed by atoms with E-state index in [1.165, 1.54) is 5.56 Å². The first kappa shape index (κ1) is 13.1. The third-order valence-electron chi connectivity index (χ3n) is 3.46. The quantitative estimate of drug-likeness (QED) is 0.492. The van der Waals surface area contributed by atoms with Gasteiger partial charge in [-0.25, -0.2) is 0 Å². The molecule has 0 saturated heterocycles. The summed E-state index contributed by atoms with van der Waals surface area (Å²) in [6, 6.07) is 10.5. The van der Waals surface area contributed by atoms with Crippen LogP contribution in [0.2, 0.25) is 0 Å². The van der Waals surface area contributed by atoms with Crippen LogP contribution in [-0.2, 0) is 11.2 Å². The highest BCUT2D eigenvalue weighted by atomic mass is 16.5. The van der Waals surface area contributed by atoms with E-state index in [9.17, 15) is 0 Å². The Morgan fingerprint density at radius 2 is 1.89 bits per heavy atom. The molecule has 0 spiro atoms. The second-order valence-electron chi connectivity index (χ2n) is 4.83. The summed E-state index contributed by atoms with van der Waals surface area (Å²) < 4.78 is 5.86. The third kappa shape index (κ3) is 4.15. The van der Waals surface area contributed by atoms with Crippen LogP contribution in [0.1, 0.15) is 37.7 Å². The fourth-order valence-electron chi connectivity index (χ4n) is 2.36. The molecule has 3 heteroatoms. The summed E-state index contributed by atoms with van der Waals surface area (Å²) in [5.74, 6) is 0. The molecule has 3 nitrogen and oxygen atoms in total. The van der Waals surface area contributed by atoms with Crippen LogP contribution in [0.3, 0.4) is 0 Å². The van der Waals surface area contributed by atoms with E-state index in [4.69, 9.17) is 9.94 Å². The van der Waals surface area contributed by atoms with Gasteiger partial charge >= 0.3 is 0 Å². The van der Waals surface area contributed by atoms with Crippen molar-refractivity contribution in [1.82, 2.24) is 0 Å². The maximum absolute atomic E-state index is 8.66. The van der Waals surface area contributed by atoms with E-state index in [1.54, 1.807) is 0 Å². The van der Waals surface area contributed by atoms with E-state index in [-0.39, 0.29) is 0 Å². The van der Waals surface area contributed by atoms with Gasteiger partial charge in [-0.05, 0) is 44.1 Å². The van der Waals surface area contributed by atoms with Crippen molar-refractivity contribution in [2.24, 2.45) is 5.16 Å². The number of hydrogen-bond acceptors (Lipinski definition) is 3. The largest absolute Gasteiger partial charge is 0.411 e. The minimum atomic E-state index is 0.353. The molecule has 1 N–H and O–H groups in total. The van der Waals surface area contributed by atoms with Crippen LogP contribution in [-0.4, -0.2) is 23.6 Å². The molecule has 0 aromatic heterocycles. The summed E-state index contributed by atoms with van der Waals surface area (Å²) in [5, 5.41) is 11.9. The normalized spacial score (nSPS) is 19.8. The van der Waals surface area contributed by atoms with Crippen molar-refractivity contribution >= 4 is 5.71 Å². The molecular formula is C15H21NO2. The van der Waals surface area contributed by atoms with Gasteiger partial charge in [0.1, 0.15) is 0 Å². The Balaban J connectivity index is 1.59. The molecule has 0 amide bonds. The van der Waals surface area contributed by atoms with Crippen LogP contribution in [0, 0.1) is 0 Å². The zero-order chi connectivity index (χ0) is 12.6. The van der Waals surface area contributed by atoms with Crippen LogP contribution < -0.4 is 0 Å². The van der Waals surface area contributed by atoms with Crippen LogP contribution >= 0.6 is 0 Å². The minimum Gasteiger partial charge on any atom is -0.411 e. The van der Waals surface area contributed by atoms with E-state index in [0.29, 0.717) is 6.10 Å². The van der Waals surface area contributed by atoms with Gasteiger partial charge in [0.15, 0.2) is 0 Å². The predicted molar refractivity (Wildman–Crippen MR) is 72.2 cm³/mol. The molecule has 0 aliphatic heterocycles. The van der Waals surface area contributed by atoms with Crippen molar-refractivity contribution in [3.63, 3.8) is 0 Å². The van der Waals surface area contributed by atoms with Crippen LogP contribution in [0.5, 0.6) is 0 Å². The van der Waals surface area contributed by atoms with Gasteiger partial charge in [0.25, 0.3) is 0 Å². The number of benzene rings is 1. The average molecular weight is 247 g/mol. The number of ether oxygens (including phenoxy) is 1. The van der Waals surface area contributed by atoms with Crippen LogP contribution in [0.25, 0.3) is 0 Å². The van der Waals surface area contributed by atoms with Crippen molar-refractivity contribution in [3.05, 3.63) is 35.9 Å². The fourth-order valence-corrected chi connectivity index (χ4v) is 2.36. The average Bonchev–Trinajstić information content (AvgIpc) is 2.45. The molecule has 1 aliphatic rings. The number of nitrogens with zero attached hydrogens (tertiary/aromatic N) is 1. The Bertz CT molecular complexity index is 365. The summed E-state index contributed by atoms with van der Waals surface area (Å²) in [6.45, 7) is 0.825. The van der Waals surface area contributed by atoms with E-state index >= 15 is 0 Å². The van der Waals surface area contributed by atoms with Crippen molar-refractivity contribution in [2.75, 3.05) is 6.61 Å². The van der Waals surface area contributed by atoms with Gasteiger partial charge in [-0.1, -0.05) is 35.5 Å². The van der Waals surface area contributed by atoms with Crippen molar-refractivity contribution < 1.29 is 9.94 Å². The molecule has 18 heavy (non-hydrogen) atoms. The molecule has 1 aromatic carbocycles. The first-order valence-electron chi connectivity index (χ1n) is 6.74. The highest BCUT2D eigenvalue weighted by Crippen LogP contribution is 2.19. The molecule has 2 rings (SSSR count). The molecule has 1 fully saturated rings. The summed E-state index contributed by atoms with van der Waals surface area (Å²) in [7, 11) is 0. The van der Waals surface area contributed by atoms with E-state index < -0.39 is 0 Å². The van der Waals surface area contributed by atoms with E-state index in [1.807, 2.05) is 6.07 Å². The highest BCUT2D eigenvalue weighted by Gasteiger charge is 2.17. The number of aryl methyl sites for hydroxylation is 1. The highest BCUT2D eigenvalue weighted by molar-refractivity contribution is 5.84. The maximum Gasteiger partial charge on any atom is 0.0582 e. The van der Waals surface area contributed by atoms with Gasteiger partial charge in [0, 0.05) is 6.61 Å². The zero-order valence-corrected chi connectivity index (χ0v) is 10.7. The Hall–Kier alpha value is -1.35. The molecule has 0 unspecified atom stereocenters. The standard InChI is InChI=1S/C15H21NO2/c17-16-14-8-10-15(11-9-14)18-12-4-7-13-5-2-1-3-6-13/h1-3,5-6,15,17H,4,7-12H2. The molecular weight excluding hydrogens is 226 g/mol. The summed E-state index contributed by atoms with van der Waals surface area (Å²) >= 11 is 0. The molecule has 1 aliphatic carbocycles.